The van der Waals surface area contributed by atoms with Gasteiger partial charge < -0.3 is 13.9 Å². The van der Waals surface area contributed by atoms with Crippen LogP contribution in [0.3, 0.4) is 0 Å². The van der Waals surface area contributed by atoms with Crippen molar-refractivity contribution in [3.8, 4) is 0 Å². The van der Waals surface area contributed by atoms with Crippen molar-refractivity contribution in [1.82, 2.24) is 19.4 Å². The molecule has 4 rings (SSSR count). The highest BCUT2D eigenvalue weighted by molar-refractivity contribution is 5.92. The van der Waals surface area contributed by atoms with E-state index in [2.05, 4.69) is 26.7 Å². The summed E-state index contributed by atoms with van der Waals surface area (Å²) >= 11 is 0. The lowest BCUT2D eigenvalue weighted by molar-refractivity contribution is 0.0549. The normalized spacial score (nSPS) is 16.9. The van der Waals surface area contributed by atoms with Crippen molar-refractivity contribution in [2.45, 2.75) is 33.0 Å². The number of carbonyl (C=O) groups excluding carboxylic acids is 1. The SMILES string of the molecule is Cc1ncoc1C(=O)N1Cc2ncc(C)n2CC1c1ccccc1. The van der Waals surface area contributed by atoms with E-state index in [0.29, 0.717) is 24.5 Å². The van der Waals surface area contributed by atoms with Crippen LogP contribution in [0.5, 0.6) is 0 Å². The van der Waals surface area contributed by atoms with E-state index in [1.54, 1.807) is 6.92 Å². The van der Waals surface area contributed by atoms with E-state index in [4.69, 9.17) is 4.42 Å². The Morgan fingerprint density at radius 3 is 2.71 bits per heavy atom. The Bertz CT molecular complexity index is 882. The summed E-state index contributed by atoms with van der Waals surface area (Å²) in [5, 5.41) is 0. The molecular formula is C18H18N4O2. The molecule has 0 saturated carbocycles. The maximum absolute atomic E-state index is 13.0. The van der Waals surface area contributed by atoms with Crippen LogP contribution in [0, 0.1) is 13.8 Å². The van der Waals surface area contributed by atoms with Crippen molar-refractivity contribution in [2.24, 2.45) is 0 Å². The van der Waals surface area contributed by atoms with E-state index in [0.717, 1.165) is 17.1 Å². The Balaban J connectivity index is 1.77. The summed E-state index contributed by atoms with van der Waals surface area (Å²) in [4.78, 5) is 23.3. The Labute approximate surface area is 139 Å². The highest BCUT2D eigenvalue weighted by Gasteiger charge is 2.34. The summed E-state index contributed by atoms with van der Waals surface area (Å²) < 4.78 is 7.50. The van der Waals surface area contributed by atoms with Gasteiger partial charge in [0.25, 0.3) is 5.91 Å². The second-order valence-corrected chi connectivity index (χ2v) is 6.05. The van der Waals surface area contributed by atoms with Gasteiger partial charge in [-0.3, -0.25) is 4.79 Å². The van der Waals surface area contributed by atoms with Crippen LogP contribution in [0.15, 0.2) is 47.3 Å². The minimum Gasteiger partial charge on any atom is -0.438 e. The third-order valence-electron chi connectivity index (χ3n) is 4.57. The van der Waals surface area contributed by atoms with Gasteiger partial charge >= 0.3 is 0 Å². The standard InChI is InChI=1S/C18H18N4O2/c1-12-8-19-16-10-22(18(23)17-13(2)20-11-24-17)15(9-21(12)16)14-6-4-3-5-7-14/h3-8,11,15H,9-10H2,1-2H3. The Morgan fingerprint density at radius 1 is 1.21 bits per heavy atom. The number of hydrogen-bond donors (Lipinski definition) is 0. The van der Waals surface area contributed by atoms with Crippen molar-refractivity contribution in [2.75, 3.05) is 0 Å². The lowest BCUT2D eigenvalue weighted by Gasteiger charge is -2.36. The predicted octanol–water partition coefficient (Wildman–Crippen LogP) is 2.89. The third-order valence-corrected chi connectivity index (χ3v) is 4.57. The van der Waals surface area contributed by atoms with Gasteiger partial charge in [0.1, 0.15) is 5.82 Å². The van der Waals surface area contributed by atoms with E-state index in [-0.39, 0.29) is 11.9 Å². The molecule has 0 N–H and O–H groups in total. The number of nitrogens with zero attached hydrogens (tertiary/aromatic N) is 4. The van der Waals surface area contributed by atoms with E-state index >= 15 is 0 Å². The summed E-state index contributed by atoms with van der Waals surface area (Å²) in [6, 6.07) is 10.0. The summed E-state index contributed by atoms with van der Waals surface area (Å²) in [5.74, 6) is 1.05. The van der Waals surface area contributed by atoms with Crippen LogP contribution in [0.2, 0.25) is 0 Å². The molecule has 3 heterocycles. The fourth-order valence-electron chi connectivity index (χ4n) is 3.23. The minimum atomic E-state index is -0.147. The highest BCUT2D eigenvalue weighted by atomic mass is 16.3. The average molecular weight is 322 g/mol. The van der Waals surface area contributed by atoms with E-state index in [1.165, 1.54) is 6.39 Å². The number of rotatable bonds is 2. The second-order valence-electron chi connectivity index (χ2n) is 6.05. The summed E-state index contributed by atoms with van der Waals surface area (Å²) in [5.41, 5.74) is 2.81. The fraction of sp³-hybridized carbons (Fsp3) is 0.278. The number of hydrogen-bond acceptors (Lipinski definition) is 4. The molecule has 3 aromatic rings. The largest absolute Gasteiger partial charge is 0.438 e. The number of imidazole rings is 1. The molecule has 122 valence electrons. The second kappa shape index (κ2) is 5.63. The predicted molar refractivity (Wildman–Crippen MR) is 87.3 cm³/mol. The zero-order chi connectivity index (χ0) is 16.7. The number of fused-ring (bicyclic) bond motifs is 1. The number of amides is 1. The number of aryl methyl sites for hydroxylation is 2. The topological polar surface area (TPSA) is 64.2 Å². The van der Waals surface area contributed by atoms with Gasteiger partial charge in [-0.1, -0.05) is 30.3 Å². The van der Waals surface area contributed by atoms with Crippen LogP contribution in [-0.4, -0.2) is 25.3 Å². The molecule has 6 heteroatoms. The zero-order valence-electron chi connectivity index (χ0n) is 13.6. The molecule has 1 atom stereocenters. The summed E-state index contributed by atoms with van der Waals surface area (Å²) in [6.07, 6.45) is 3.17. The first kappa shape index (κ1) is 14.7. The lowest BCUT2D eigenvalue weighted by atomic mass is 10.0. The molecule has 0 aliphatic carbocycles. The van der Waals surface area contributed by atoms with Gasteiger partial charge in [-0.25, -0.2) is 9.97 Å². The van der Waals surface area contributed by atoms with Gasteiger partial charge in [0.2, 0.25) is 5.76 Å². The Hall–Kier alpha value is -2.89. The molecule has 0 spiro atoms. The Kier molecular flexibility index (Phi) is 3.45. The quantitative estimate of drug-likeness (QED) is 0.728. The number of benzene rings is 1. The van der Waals surface area contributed by atoms with Gasteiger partial charge in [-0.2, -0.15) is 0 Å². The molecule has 1 aromatic carbocycles. The summed E-state index contributed by atoms with van der Waals surface area (Å²) in [6.45, 7) is 4.95. The first-order valence-electron chi connectivity index (χ1n) is 7.92. The van der Waals surface area contributed by atoms with Crippen molar-refractivity contribution in [1.29, 1.82) is 0 Å². The van der Waals surface area contributed by atoms with Crippen molar-refractivity contribution in [3.63, 3.8) is 0 Å². The highest BCUT2D eigenvalue weighted by Crippen LogP contribution is 2.31. The lowest BCUT2D eigenvalue weighted by Crippen LogP contribution is -2.41. The average Bonchev–Trinajstić information content (AvgIpc) is 3.20. The molecule has 2 aromatic heterocycles. The van der Waals surface area contributed by atoms with Crippen LogP contribution in [-0.2, 0) is 13.1 Å². The first-order chi connectivity index (χ1) is 11.6. The molecule has 0 saturated heterocycles. The van der Waals surface area contributed by atoms with Crippen LogP contribution >= 0.6 is 0 Å². The van der Waals surface area contributed by atoms with Gasteiger partial charge in [-0.05, 0) is 19.4 Å². The molecule has 24 heavy (non-hydrogen) atoms. The number of oxazole rings is 1. The smallest absolute Gasteiger partial charge is 0.292 e. The van der Waals surface area contributed by atoms with Crippen molar-refractivity contribution in [3.05, 3.63) is 71.5 Å². The maximum Gasteiger partial charge on any atom is 0.292 e. The molecule has 1 aliphatic heterocycles. The van der Waals surface area contributed by atoms with Crippen LogP contribution < -0.4 is 0 Å². The molecule has 1 unspecified atom stereocenters. The monoisotopic (exact) mass is 322 g/mol. The summed E-state index contributed by atoms with van der Waals surface area (Å²) in [7, 11) is 0. The maximum atomic E-state index is 13.0. The molecule has 1 amide bonds. The molecule has 0 radical (unpaired) electrons. The first-order valence-corrected chi connectivity index (χ1v) is 7.92. The van der Waals surface area contributed by atoms with Crippen molar-refractivity contribution >= 4 is 5.91 Å². The van der Waals surface area contributed by atoms with Crippen LogP contribution in [0.25, 0.3) is 0 Å². The van der Waals surface area contributed by atoms with E-state index in [9.17, 15) is 4.79 Å². The molecular weight excluding hydrogens is 304 g/mol. The molecule has 0 fully saturated rings. The third kappa shape index (κ3) is 2.31. The molecule has 1 aliphatic rings. The number of aromatic nitrogens is 3. The van der Waals surface area contributed by atoms with Crippen LogP contribution in [0.4, 0.5) is 0 Å². The Morgan fingerprint density at radius 2 is 2.00 bits per heavy atom. The number of carbonyl (C=O) groups is 1. The van der Waals surface area contributed by atoms with Gasteiger partial charge in [-0.15, -0.1) is 0 Å². The van der Waals surface area contributed by atoms with Gasteiger partial charge in [0, 0.05) is 18.4 Å². The van der Waals surface area contributed by atoms with Crippen molar-refractivity contribution < 1.29 is 9.21 Å². The van der Waals surface area contributed by atoms with E-state index < -0.39 is 0 Å². The van der Waals surface area contributed by atoms with Gasteiger partial charge in [0.05, 0.1) is 18.3 Å². The van der Waals surface area contributed by atoms with Crippen LogP contribution in [0.1, 0.15) is 39.4 Å². The zero-order valence-corrected chi connectivity index (χ0v) is 13.6. The van der Waals surface area contributed by atoms with Gasteiger partial charge in [0.15, 0.2) is 6.39 Å². The fourth-order valence-corrected chi connectivity index (χ4v) is 3.23. The molecule has 0 bridgehead atoms. The van der Waals surface area contributed by atoms with E-state index in [1.807, 2.05) is 36.2 Å². The minimum absolute atomic E-state index is 0.0661. The molecule has 6 nitrogen and oxygen atoms in total.